The van der Waals surface area contributed by atoms with Crippen LogP contribution in [-0.4, -0.2) is 30.6 Å². The molecule has 166 valence electrons. The molecule has 4 heterocycles. The van der Waals surface area contributed by atoms with Crippen LogP contribution in [0.25, 0.3) is 22.3 Å². The van der Waals surface area contributed by atoms with E-state index in [9.17, 15) is 4.79 Å². The Bertz CT molecular complexity index is 1290. The number of thiophene rings is 1. The summed E-state index contributed by atoms with van der Waals surface area (Å²) >= 11 is 1.72. The summed E-state index contributed by atoms with van der Waals surface area (Å²) in [7, 11) is 0. The number of nitrogens with one attached hydrogen (secondary N) is 1. The first-order chi connectivity index (χ1) is 15.0. The van der Waals surface area contributed by atoms with Gasteiger partial charge in [-0.25, -0.2) is 19.6 Å². The highest BCUT2D eigenvalue weighted by atomic mass is 32.1. The van der Waals surface area contributed by atoms with Crippen LogP contribution >= 0.6 is 11.3 Å². The zero-order chi connectivity index (χ0) is 23.2. The minimum absolute atomic E-state index is 0.120. The van der Waals surface area contributed by atoms with E-state index in [-0.39, 0.29) is 17.4 Å². The van der Waals surface area contributed by atoms with Crippen molar-refractivity contribution in [3.05, 3.63) is 51.9 Å². The third kappa shape index (κ3) is 4.14. The smallest absolute Gasteiger partial charge is 0.256 e. The summed E-state index contributed by atoms with van der Waals surface area (Å²) in [6.45, 7) is 14.4. The molecule has 4 aromatic heterocycles. The minimum Gasteiger partial charge on any atom is -0.319 e. The Hall–Kier alpha value is -3.13. The van der Waals surface area contributed by atoms with E-state index in [2.05, 4.69) is 74.9 Å². The van der Waals surface area contributed by atoms with Gasteiger partial charge in [-0.15, -0.1) is 11.3 Å². The lowest BCUT2D eigenvalue weighted by atomic mass is 9.96. The molecule has 7 nitrogen and oxygen atoms in total. The average molecular weight is 449 g/mol. The number of fused-ring (bicyclic) bond motifs is 1. The number of carbonyl (C=O) groups is 1. The molecule has 4 rings (SSSR count). The molecule has 0 aliphatic heterocycles. The number of rotatable bonds is 4. The second-order valence-electron chi connectivity index (χ2n) is 9.30. The molecule has 0 saturated heterocycles. The van der Waals surface area contributed by atoms with Gasteiger partial charge in [-0.1, -0.05) is 20.8 Å². The topological polar surface area (TPSA) is 85.6 Å². The molecule has 0 radical (unpaired) electrons. The molecule has 0 aliphatic rings. The highest BCUT2D eigenvalue weighted by Crippen LogP contribution is 2.32. The maximum atomic E-state index is 13.3. The number of nitrogens with zero attached hydrogens (tertiary/aromatic N) is 5. The van der Waals surface area contributed by atoms with Gasteiger partial charge >= 0.3 is 0 Å². The largest absolute Gasteiger partial charge is 0.319 e. The predicted octanol–water partition coefficient (Wildman–Crippen LogP) is 5.70. The number of amides is 1. The fraction of sp³-hybridized carbons (Fsp3) is 0.375. The van der Waals surface area contributed by atoms with Crippen molar-refractivity contribution in [3.63, 3.8) is 0 Å². The molecular formula is C24H28N6OS. The maximum absolute atomic E-state index is 13.3. The number of hydrogen-bond donors (Lipinski definition) is 1. The van der Waals surface area contributed by atoms with Crippen LogP contribution in [0.4, 0.5) is 5.69 Å². The first kappa shape index (κ1) is 22.1. The van der Waals surface area contributed by atoms with Gasteiger partial charge in [-0.05, 0) is 39.8 Å². The van der Waals surface area contributed by atoms with Crippen LogP contribution in [0.2, 0.25) is 0 Å². The summed E-state index contributed by atoms with van der Waals surface area (Å²) in [4.78, 5) is 29.4. The van der Waals surface area contributed by atoms with Crippen molar-refractivity contribution in [2.24, 2.45) is 0 Å². The van der Waals surface area contributed by atoms with E-state index in [0.29, 0.717) is 16.9 Å². The van der Waals surface area contributed by atoms with Gasteiger partial charge < -0.3 is 5.32 Å². The zero-order valence-electron chi connectivity index (χ0n) is 19.5. The SMILES string of the molecule is Cc1cc(-c2cc(C(=O)Nc3cnc(C(C)(C)C)nc3)c3cnn(C(C)C)c3n2)c(C)s1. The fourth-order valence-corrected chi connectivity index (χ4v) is 4.52. The first-order valence-corrected chi connectivity index (χ1v) is 11.5. The first-order valence-electron chi connectivity index (χ1n) is 10.6. The molecule has 0 atom stereocenters. The van der Waals surface area contributed by atoms with E-state index in [4.69, 9.17) is 4.98 Å². The van der Waals surface area contributed by atoms with Crippen LogP contribution < -0.4 is 5.32 Å². The van der Waals surface area contributed by atoms with Crippen LogP contribution in [0.1, 0.15) is 66.6 Å². The predicted molar refractivity (Wildman–Crippen MR) is 129 cm³/mol. The van der Waals surface area contributed by atoms with Gasteiger partial charge in [-0.2, -0.15) is 5.10 Å². The summed E-state index contributed by atoms with van der Waals surface area (Å²) in [6, 6.07) is 4.09. The lowest BCUT2D eigenvalue weighted by molar-refractivity contribution is 0.102. The average Bonchev–Trinajstić information content (AvgIpc) is 3.29. The molecule has 0 aliphatic carbocycles. The summed E-state index contributed by atoms with van der Waals surface area (Å²) in [5, 5.41) is 8.16. The van der Waals surface area contributed by atoms with Gasteiger partial charge in [0.2, 0.25) is 0 Å². The molecule has 0 aromatic carbocycles. The van der Waals surface area contributed by atoms with Gasteiger partial charge in [0.15, 0.2) is 5.65 Å². The van der Waals surface area contributed by atoms with Crippen LogP contribution in [-0.2, 0) is 5.41 Å². The minimum atomic E-state index is -0.237. The Morgan fingerprint density at radius 2 is 1.78 bits per heavy atom. The lowest BCUT2D eigenvalue weighted by Crippen LogP contribution is -2.17. The van der Waals surface area contributed by atoms with E-state index in [1.54, 1.807) is 29.9 Å². The number of hydrogen-bond acceptors (Lipinski definition) is 6. The quantitative estimate of drug-likeness (QED) is 0.433. The Morgan fingerprint density at radius 3 is 2.34 bits per heavy atom. The van der Waals surface area contributed by atoms with Crippen LogP contribution in [0, 0.1) is 13.8 Å². The van der Waals surface area contributed by atoms with Crippen LogP contribution in [0.15, 0.2) is 30.7 Å². The summed E-state index contributed by atoms with van der Waals surface area (Å²) in [5.74, 6) is 0.490. The van der Waals surface area contributed by atoms with Crippen LogP contribution in [0.5, 0.6) is 0 Å². The highest BCUT2D eigenvalue weighted by Gasteiger charge is 2.21. The molecule has 0 bridgehead atoms. The summed E-state index contributed by atoms with van der Waals surface area (Å²) in [6.07, 6.45) is 5.01. The van der Waals surface area contributed by atoms with Crippen molar-refractivity contribution in [2.75, 3.05) is 5.32 Å². The normalized spacial score (nSPS) is 12.0. The molecule has 4 aromatic rings. The molecule has 0 saturated carbocycles. The van der Waals surface area contributed by atoms with E-state index >= 15 is 0 Å². The third-order valence-electron chi connectivity index (χ3n) is 5.20. The number of aromatic nitrogens is 5. The van der Waals surface area contributed by atoms with Crippen LogP contribution in [0.3, 0.4) is 0 Å². The Labute approximate surface area is 191 Å². The molecule has 1 amide bonds. The van der Waals surface area contributed by atoms with Crippen molar-refractivity contribution < 1.29 is 4.79 Å². The number of aryl methyl sites for hydroxylation is 2. The van der Waals surface area contributed by atoms with Crippen molar-refractivity contribution in [1.29, 1.82) is 0 Å². The van der Waals surface area contributed by atoms with E-state index in [1.165, 1.54) is 9.75 Å². The van der Waals surface area contributed by atoms with Crippen molar-refractivity contribution >= 4 is 34.0 Å². The molecule has 0 fully saturated rings. The molecule has 1 N–H and O–H groups in total. The third-order valence-corrected chi connectivity index (χ3v) is 6.16. The maximum Gasteiger partial charge on any atom is 0.256 e. The van der Waals surface area contributed by atoms with E-state index in [0.717, 1.165) is 22.5 Å². The molecule has 8 heteroatoms. The van der Waals surface area contributed by atoms with Gasteiger partial charge in [-0.3, -0.25) is 4.79 Å². The monoisotopic (exact) mass is 448 g/mol. The second-order valence-corrected chi connectivity index (χ2v) is 10.8. The Balaban J connectivity index is 1.78. The number of anilines is 1. The molecule has 0 unspecified atom stereocenters. The van der Waals surface area contributed by atoms with Crippen molar-refractivity contribution in [3.8, 4) is 11.3 Å². The van der Waals surface area contributed by atoms with E-state index in [1.807, 2.05) is 10.7 Å². The number of pyridine rings is 1. The lowest BCUT2D eigenvalue weighted by Gasteiger charge is -2.16. The van der Waals surface area contributed by atoms with Crippen molar-refractivity contribution in [1.82, 2.24) is 24.7 Å². The van der Waals surface area contributed by atoms with Gasteiger partial charge in [0, 0.05) is 26.8 Å². The molecule has 32 heavy (non-hydrogen) atoms. The summed E-state index contributed by atoms with van der Waals surface area (Å²) in [5.41, 5.74) is 3.43. The summed E-state index contributed by atoms with van der Waals surface area (Å²) < 4.78 is 1.85. The van der Waals surface area contributed by atoms with Gasteiger partial charge in [0.05, 0.1) is 40.9 Å². The highest BCUT2D eigenvalue weighted by molar-refractivity contribution is 7.12. The zero-order valence-corrected chi connectivity index (χ0v) is 20.3. The number of carbonyl (C=O) groups excluding carboxylic acids is 1. The fourth-order valence-electron chi connectivity index (χ4n) is 3.59. The molecular weight excluding hydrogens is 420 g/mol. The Kier molecular flexibility index (Phi) is 5.58. The second kappa shape index (κ2) is 8.09. The molecule has 0 spiro atoms. The van der Waals surface area contributed by atoms with E-state index < -0.39 is 0 Å². The Morgan fingerprint density at radius 1 is 1.09 bits per heavy atom. The van der Waals surface area contributed by atoms with Gasteiger partial charge in [0.1, 0.15) is 5.82 Å². The standard InChI is InChI=1S/C24H28N6OS/c1-13(2)30-21-19(12-27-30)18(9-20(29-21)17-8-14(3)32-15(17)4)22(31)28-16-10-25-23(26-11-16)24(5,6)7/h8-13H,1-7H3,(H,28,31). The van der Waals surface area contributed by atoms with Crippen molar-refractivity contribution in [2.45, 2.75) is 59.9 Å². The van der Waals surface area contributed by atoms with Gasteiger partial charge in [0.25, 0.3) is 5.91 Å².